The number of likely N-dealkylation sites (tertiary alicyclic amines) is 1. The summed E-state index contributed by atoms with van der Waals surface area (Å²) in [5, 5.41) is 0. The molecule has 1 heterocycles. The first-order chi connectivity index (χ1) is 7.81. The predicted octanol–water partition coefficient (Wildman–Crippen LogP) is 2.80. The largest absolute Gasteiger partial charge is 0.343 e. The standard InChI is InChI=1S/C14H19NO/c1-2-12(13-7-4-3-5-8-13)11-14(16)15-9-6-10-15/h3-5,7-8,12H,2,6,9-11H2,1H3. The zero-order chi connectivity index (χ0) is 11.4. The SMILES string of the molecule is CCC(CC(=O)N1CCC1)c1ccccc1. The summed E-state index contributed by atoms with van der Waals surface area (Å²) in [6.45, 7) is 4.08. The van der Waals surface area contributed by atoms with E-state index in [-0.39, 0.29) is 0 Å². The minimum absolute atomic E-state index is 0.321. The second-order valence-electron chi connectivity index (χ2n) is 4.45. The molecule has 0 saturated carbocycles. The van der Waals surface area contributed by atoms with Crippen molar-refractivity contribution in [2.24, 2.45) is 0 Å². The summed E-state index contributed by atoms with van der Waals surface area (Å²) in [7, 11) is 0. The van der Waals surface area contributed by atoms with Gasteiger partial charge in [-0.15, -0.1) is 0 Å². The quantitative estimate of drug-likeness (QED) is 0.759. The highest BCUT2D eigenvalue weighted by atomic mass is 16.2. The van der Waals surface area contributed by atoms with Gasteiger partial charge in [0.15, 0.2) is 0 Å². The number of hydrogen-bond donors (Lipinski definition) is 0. The second-order valence-corrected chi connectivity index (χ2v) is 4.45. The van der Waals surface area contributed by atoms with Crippen LogP contribution in [0.4, 0.5) is 0 Å². The fourth-order valence-electron chi connectivity index (χ4n) is 2.13. The molecule has 0 bridgehead atoms. The highest BCUT2D eigenvalue weighted by Crippen LogP contribution is 2.24. The van der Waals surface area contributed by atoms with Crippen LogP contribution in [0.3, 0.4) is 0 Å². The zero-order valence-electron chi connectivity index (χ0n) is 9.86. The van der Waals surface area contributed by atoms with Crippen molar-refractivity contribution >= 4 is 5.91 Å². The van der Waals surface area contributed by atoms with Gasteiger partial charge in [0.05, 0.1) is 0 Å². The van der Waals surface area contributed by atoms with Crippen LogP contribution in [0.2, 0.25) is 0 Å². The molecule has 0 N–H and O–H groups in total. The number of amides is 1. The normalized spacial score (nSPS) is 16.7. The van der Waals surface area contributed by atoms with E-state index >= 15 is 0 Å². The van der Waals surface area contributed by atoms with E-state index in [4.69, 9.17) is 0 Å². The highest BCUT2D eigenvalue weighted by Gasteiger charge is 2.23. The number of nitrogens with zero attached hydrogens (tertiary/aromatic N) is 1. The molecule has 0 aromatic heterocycles. The Morgan fingerprint density at radius 1 is 1.31 bits per heavy atom. The molecule has 2 rings (SSSR count). The highest BCUT2D eigenvalue weighted by molar-refractivity contribution is 5.77. The Bertz CT molecular complexity index is 343. The van der Waals surface area contributed by atoms with Crippen LogP contribution in [-0.2, 0) is 4.79 Å². The third kappa shape index (κ3) is 2.43. The Balaban J connectivity index is 1.97. The minimum atomic E-state index is 0.321. The molecule has 1 fully saturated rings. The molecule has 1 aromatic carbocycles. The van der Waals surface area contributed by atoms with Crippen LogP contribution < -0.4 is 0 Å². The number of carbonyl (C=O) groups excluding carboxylic acids is 1. The molecule has 2 heteroatoms. The molecule has 0 radical (unpaired) electrons. The number of rotatable bonds is 4. The Morgan fingerprint density at radius 3 is 2.50 bits per heavy atom. The molecule has 0 aliphatic carbocycles. The third-order valence-corrected chi connectivity index (χ3v) is 3.39. The Labute approximate surface area is 97.3 Å². The van der Waals surface area contributed by atoms with Crippen molar-refractivity contribution in [2.75, 3.05) is 13.1 Å². The Morgan fingerprint density at radius 2 is 2.00 bits per heavy atom. The molecular weight excluding hydrogens is 198 g/mol. The van der Waals surface area contributed by atoms with E-state index < -0.39 is 0 Å². The molecule has 1 saturated heterocycles. The number of carbonyl (C=O) groups is 1. The van der Waals surface area contributed by atoms with Crippen molar-refractivity contribution in [3.8, 4) is 0 Å². The van der Waals surface area contributed by atoms with Crippen molar-refractivity contribution in [3.63, 3.8) is 0 Å². The number of benzene rings is 1. The summed E-state index contributed by atoms with van der Waals surface area (Å²) in [5.41, 5.74) is 1.29. The topological polar surface area (TPSA) is 20.3 Å². The van der Waals surface area contributed by atoms with Crippen LogP contribution in [0.5, 0.6) is 0 Å². The lowest BCUT2D eigenvalue weighted by Gasteiger charge is -2.32. The van der Waals surface area contributed by atoms with Gasteiger partial charge in [-0.25, -0.2) is 0 Å². The van der Waals surface area contributed by atoms with Crippen molar-refractivity contribution < 1.29 is 4.79 Å². The summed E-state index contributed by atoms with van der Waals surface area (Å²) < 4.78 is 0. The lowest BCUT2D eigenvalue weighted by molar-refractivity contribution is -0.135. The van der Waals surface area contributed by atoms with Gasteiger partial charge in [-0.2, -0.15) is 0 Å². The van der Waals surface area contributed by atoms with E-state index in [1.807, 2.05) is 23.1 Å². The van der Waals surface area contributed by atoms with Crippen LogP contribution >= 0.6 is 0 Å². The van der Waals surface area contributed by atoms with Crippen LogP contribution in [-0.4, -0.2) is 23.9 Å². The maximum Gasteiger partial charge on any atom is 0.223 e. The predicted molar refractivity (Wildman–Crippen MR) is 65.3 cm³/mol. The summed E-state index contributed by atoms with van der Waals surface area (Å²) in [4.78, 5) is 13.9. The van der Waals surface area contributed by atoms with Gasteiger partial charge in [0.25, 0.3) is 0 Å². The van der Waals surface area contributed by atoms with Gasteiger partial charge in [0.1, 0.15) is 0 Å². The van der Waals surface area contributed by atoms with Gasteiger partial charge in [0, 0.05) is 19.5 Å². The Hall–Kier alpha value is -1.31. The molecule has 1 aliphatic rings. The maximum atomic E-state index is 11.9. The van der Waals surface area contributed by atoms with E-state index in [2.05, 4.69) is 19.1 Å². The van der Waals surface area contributed by atoms with Crippen LogP contribution in [0.15, 0.2) is 30.3 Å². The van der Waals surface area contributed by atoms with Crippen molar-refractivity contribution in [1.82, 2.24) is 4.90 Å². The van der Waals surface area contributed by atoms with Gasteiger partial charge in [-0.3, -0.25) is 4.79 Å². The van der Waals surface area contributed by atoms with Gasteiger partial charge in [-0.1, -0.05) is 37.3 Å². The van der Waals surface area contributed by atoms with Crippen molar-refractivity contribution in [3.05, 3.63) is 35.9 Å². The van der Waals surface area contributed by atoms with Crippen LogP contribution in [0.1, 0.15) is 37.7 Å². The molecule has 1 aliphatic heterocycles. The van der Waals surface area contributed by atoms with Crippen molar-refractivity contribution in [1.29, 1.82) is 0 Å². The maximum absolute atomic E-state index is 11.9. The fourth-order valence-corrected chi connectivity index (χ4v) is 2.13. The van der Waals surface area contributed by atoms with E-state index in [0.29, 0.717) is 18.2 Å². The first kappa shape index (κ1) is 11.2. The third-order valence-electron chi connectivity index (χ3n) is 3.39. The fraction of sp³-hybridized carbons (Fsp3) is 0.500. The van der Waals surface area contributed by atoms with Crippen molar-refractivity contribution in [2.45, 2.75) is 32.1 Å². The smallest absolute Gasteiger partial charge is 0.223 e. The lowest BCUT2D eigenvalue weighted by atomic mass is 9.92. The average Bonchev–Trinajstić information content (AvgIpc) is 2.24. The molecule has 2 nitrogen and oxygen atoms in total. The monoisotopic (exact) mass is 217 g/mol. The first-order valence-corrected chi connectivity index (χ1v) is 6.14. The molecule has 86 valence electrons. The second kappa shape index (κ2) is 5.15. The van der Waals surface area contributed by atoms with Gasteiger partial charge in [0.2, 0.25) is 5.91 Å². The van der Waals surface area contributed by atoms with Gasteiger partial charge in [-0.05, 0) is 24.3 Å². The number of hydrogen-bond acceptors (Lipinski definition) is 1. The summed E-state index contributed by atoms with van der Waals surface area (Å²) >= 11 is 0. The summed E-state index contributed by atoms with van der Waals surface area (Å²) in [5.74, 6) is 0.705. The minimum Gasteiger partial charge on any atom is -0.343 e. The molecule has 0 spiro atoms. The molecule has 16 heavy (non-hydrogen) atoms. The van der Waals surface area contributed by atoms with E-state index in [9.17, 15) is 4.79 Å². The van der Waals surface area contributed by atoms with E-state index in [0.717, 1.165) is 19.5 Å². The summed E-state index contributed by atoms with van der Waals surface area (Å²) in [6, 6.07) is 10.4. The zero-order valence-corrected chi connectivity index (χ0v) is 9.86. The Kier molecular flexibility index (Phi) is 3.60. The van der Waals surface area contributed by atoms with Crippen LogP contribution in [0, 0.1) is 0 Å². The lowest BCUT2D eigenvalue weighted by Crippen LogP contribution is -2.42. The van der Waals surface area contributed by atoms with Gasteiger partial charge < -0.3 is 4.90 Å². The average molecular weight is 217 g/mol. The first-order valence-electron chi connectivity index (χ1n) is 6.14. The molecule has 1 aromatic rings. The molecule has 1 unspecified atom stereocenters. The van der Waals surface area contributed by atoms with E-state index in [1.54, 1.807) is 0 Å². The molecular formula is C14H19NO. The molecule has 1 amide bonds. The van der Waals surface area contributed by atoms with E-state index in [1.165, 1.54) is 12.0 Å². The molecule has 1 atom stereocenters. The van der Waals surface area contributed by atoms with Gasteiger partial charge >= 0.3 is 0 Å². The van der Waals surface area contributed by atoms with Crippen LogP contribution in [0.25, 0.3) is 0 Å². The summed E-state index contributed by atoms with van der Waals surface area (Å²) in [6.07, 6.45) is 2.87.